The summed E-state index contributed by atoms with van der Waals surface area (Å²) in [5.74, 6) is -0.164. The highest BCUT2D eigenvalue weighted by molar-refractivity contribution is 9.10. The Balaban J connectivity index is 1.94. The van der Waals surface area contributed by atoms with Gasteiger partial charge in [0.25, 0.3) is 0 Å². The van der Waals surface area contributed by atoms with E-state index in [0.29, 0.717) is 11.4 Å². The molecule has 0 amide bonds. The number of carboxylic acid groups (broad SMARTS) is 1. The molecule has 0 fully saturated rings. The van der Waals surface area contributed by atoms with Gasteiger partial charge in [-0.3, -0.25) is 4.98 Å². The Hall–Kier alpha value is -2.66. The number of carboxylic acids is 1. The van der Waals surface area contributed by atoms with Crippen molar-refractivity contribution in [1.82, 2.24) is 4.98 Å². The van der Waals surface area contributed by atoms with E-state index in [4.69, 9.17) is 9.72 Å². The van der Waals surface area contributed by atoms with Crippen molar-refractivity contribution in [3.05, 3.63) is 81.6 Å². The standard InChI is InChI=1S/C25H26BrNO3/c1-4-5-17-6-12-20(13-7-17)30-15-23-22(25(28)29)14-21(24(27-23)16(2)3)18-8-10-19(26)11-9-18/h6-14,16H,4-5,15H2,1-3H3,(H,28,29). The van der Waals surface area contributed by atoms with E-state index in [9.17, 15) is 9.90 Å². The Morgan fingerprint density at radius 3 is 2.33 bits per heavy atom. The molecule has 1 N–H and O–H groups in total. The van der Waals surface area contributed by atoms with Gasteiger partial charge in [-0.15, -0.1) is 0 Å². The Morgan fingerprint density at radius 2 is 1.77 bits per heavy atom. The Kier molecular flexibility index (Phi) is 7.27. The van der Waals surface area contributed by atoms with Crippen molar-refractivity contribution in [3.8, 4) is 16.9 Å². The molecule has 156 valence electrons. The molecule has 0 bridgehead atoms. The van der Waals surface area contributed by atoms with Gasteiger partial charge in [-0.25, -0.2) is 4.79 Å². The SMILES string of the molecule is CCCc1ccc(OCc2nc(C(C)C)c(-c3ccc(Br)cc3)cc2C(=O)O)cc1. The summed E-state index contributed by atoms with van der Waals surface area (Å²) in [6, 6.07) is 17.5. The molecule has 0 atom stereocenters. The summed E-state index contributed by atoms with van der Waals surface area (Å²) in [6.07, 6.45) is 2.12. The first-order valence-corrected chi connectivity index (χ1v) is 10.9. The predicted molar refractivity (Wildman–Crippen MR) is 123 cm³/mol. The predicted octanol–water partition coefficient (Wildman–Crippen LogP) is 6.86. The van der Waals surface area contributed by atoms with Crippen molar-refractivity contribution in [2.45, 2.75) is 46.1 Å². The quantitative estimate of drug-likeness (QED) is 0.392. The molecule has 0 aliphatic carbocycles. The number of aromatic nitrogens is 1. The van der Waals surface area contributed by atoms with Crippen LogP contribution in [0.5, 0.6) is 5.75 Å². The van der Waals surface area contributed by atoms with E-state index in [0.717, 1.165) is 34.1 Å². The molecule has 0 spiro atoms. The average Bonchev–Trinajstić information content (AvgIpc) is 2.73. The number of hydrogen-bond donors (Lipinski definition) is 1. The average molecular weight is 468 g/mol. The third-order valence-corrected chi connectivity index (χ3v) is 5.43. The topological polar surface area (TPSA) is 59.4 Å². The highest BCUT2D eigenvalue weighted by atomic mass is 79.9. The van der Waals surface area contributed by atoms with Gasteiger partial charge in [0.15, 0.2) is 0 Å². The molecule has 0 aliphatic heterocycles. The van der Waals surface area contributed by atoms with Crippen LogP contribution >= 0.6 is 15.9 Å². The van der Waals surface area contributed by atoms with Gasteiger partial charge >= 0.3 is 5.97 Å². The van der Waals surface area contributed by atoms with Crippen LogP contribution in [0.1, 0.15) is 60.4 Å². The van der Waals surface area contributed by atoms with Crippen LogP contribution < -0.4 is 4.74 Å². The number of hydrogen-bond acceptors (Lipinski definition) is 3. The summed E-state index contributed by atoms with van der Waals surface area (Å²) < 4.78 is 6.85. The highest BCUT2D eigenvalue weighted by Crippen LogP contribution is 2.31. The van der Waals surface area contributed by atoms with Crippen molar-refractivity contribution in [3.63, 3.8) is 0 Å². The summed E-state index contributed by atoms with van der Waals surface area (Å²) in [6.45, 7) is 6.37. The van der Waals surface area contributed by atoms with E-state index in [1.165, 1.54) is 5.56 Å². The van der Waals surface area contributed by atoms with Gasteiger partial charge in [0, 0.05) is 10.0 Å². The van der Waals surface area contributed by atoms with Gasteiger partial charge in [0.05, 0.1) is 17.0 Å². The van der Waals surface area contributed by atoms with E-state index in [1.807, 2.05) is 48.5 Å². The van der Waals surface area contributed by atoms with E-state index in [-0.39, 0.29) is 18.1 Å². The van der Waals surface area contributed by atoms with Crippen molar-refractivity contribution in [2.75, 3.05) is 0 Å². The molecule has 0 aliphatic rings. The lowest BCUT2D eigenvalue weighted by atomic mass is 9.95. The van der Waals surface area contributed by atoms with Gasteiger partial charge in [0.2, 0.25) is 0 Å². The summed E-state index contributed by atoms with van der Waals surface area (Å²) in [4.78, 5) is 16.7. The monoisotopic (exact) mass is 467 g/mol. The molecule has 0 saturated carbocycles. The van der Waals surface area contributed by atoms with Crippen LogP contribution in [0.4, 0.5) is 0 Å². The summed E-state index contributed by atoms with van der Waals surface area (Å²) in [5, 5.41) is 9.80. The molecule has 1 aromatic heterocycles. The van der Waals surface area contributed by atoms with Gasteiger partial charge in [-0.1, -0.05) is 67.4 Å². The third-order valence-electron chi connectivity index (χ3n) is 4.90. The zero-order valence-corrected chi connectivity index (χ0v) is 19.1. The maximum atomic E-state index is 12.0. The second-order valence-corrected chi connectivity index (χ2v) is 8.48. The lowest BCUT2D eigenvalue weighted by Gasteiger charge is -2.17. The van der Waals surface area contributed by atoms with E-state index in [1.54, 1.807) is 6.07 Å². The van der Waals surface area contributed by atoms with Crippen LogP contribution in [0.25, 0.3) is 11.1 Å². The number of benzene rings is 2. The number of aryl methyl sites for hydroxylation is 1. The van der Waals surface area contributed by atoms with Crippen molar-refractivity contribution < 1.29 is 14.6 Å². The number of nitrogens with zero attached hydrogens (tertiary/aromatic N) is 1. The van der Waals surface area contributed by atoms with Crippen molar-refractivity contribution >= 4 is 21.9 Å². The normalized spacial score (nSPS) is 11.0. The van der Waals surface area contributed by atoms with Gasteiger partial charge in [-0.2, -0.15) is 0 Å². The smallest absolute Gasteiger partial charge is 0.337 e. The fourth-order valence-corrected chi connectivity index (χ4v) is 3.62. The molecule has 2 aromatic carbocycles. The molecule has 0 radical (unpaired) electrons. The van der Waals surface area contributed by atoms with Crippen LogP contribution in [0.2, 0.25) is 0 Å². The first kappa shape index (κ1) is 22.0. The van der Waals surface area contributed by atoms with E-state index < -0.39 is 5.97 Å². The molecule has 1 heterocycles. The number of aromatic carboxylic acids is 1. The lowest BCUT2D eigenvalue weighted by molar-refractivity contribution is 0.0693. The fraction of sp³-hybridized carbons (Fsp3) is 0.280. The van der Waals surface area contributed by atoms with Gasteiger partial charge in [0.1, 0.15) is 12.4 Å². The zero-order chi connectivity index (χ0) is 21.7. The molecule has 5 heteroatoms. The van der Waals surface area contributed by atoms with Crippen LogP contribution in [0.3, 0.4) is 0 Å². The molecular weight excluding hydrogens is 442 g/mol. The maximum Gasteiger partial charge on any atom is 0.337 e. The van der Waals surface area contributed by atoms with E-state index >= 15 is 0 Å². The largest absolute Gasteiger partial charge is 0.487 e. The van der Waals surface area contributed by atoms with Crippen molar-refractivity contribution in [1.29, 1.82) is 0 Å². The lowest BCUT2D eigenvalue weighted by Crippen LogP contribution is -2.12. The van der Waals surface area contributed by atoms with Crippen LogP contribution in [0, 0.1) is 0 Å². The fourth-order valence-electron chi connectivity index (χ4n) is 3.36. The van der Waals surface area contributed by atoms with Crippen molar-refractivity contribution in [2.24, 2.45) is 0 Å². The second kappa shape index (κ2) is 9.90. The number of carbonyl (C=O) groups is 1. The third kappa shape index (κ3) is 5.28. The van der Waals surface area contributed by atoms with Crippen LogP contribution in [0.15, 0.2) is 59.1 Å². The molecule has 3 aromatic rings. The first-order valence-electron chi connectivity index (χ1n) is 10.1. The molecular formula is C25H26BrNO3. The van der Waals surface area contributed by atoms with Crippen LogP contribution in [-0.2, 0) is 13.0 Å². The van der Waals surface area contributed by atoms with Crippen LogP contribution in [-0.4, -0.2) is 16.1 Å². The Morgan fingerprint density at radius 1 is 1.10 bits per heavy atom. The number of rotatable bonds is 8. The Bertz CT molecular complexity index is 1010. The molecule has 0 unspecified atom stereocenters. The highest BCUT2D eigenvalue weighted by Gasteiger charge is 2.20. The second-order valence-electron chi connectivity index (χ2n) is 7.56. The van der Waals surface area contributed by atoms with E-state index in [2.05, 4.69) is 36.7 Å². The maximum absolute atomic E-state index is 12.0. The summed E-state index contributed by atoms with van der Waals surface area (Å²) >= 11 is 3.44. The van der Waals surface area contributed by atoms with Gasteiger partial charge < -0.3 is 9.84 Å². The van der Waals surface area contributed by atoms with Gasteiger partial charge in [-0.05, 0) is 53.8 Å². The zero-order valence-electron chi connectivity index (χ0n) is 17.5. The number of halogens is 1. The first-order chi connectivity index (χ1) is 14.4. The summed E-state index contributed by atoms with van der Waals surface area (Å²) in [7, 11) is 0. The number of ether oxygens (including phenoxy) is 1. The molecule has 0 saturated heterocycles. The summed E-state index contributed by atoms with van der Waals surface area (Å²) in [5.41, 5.74) is 4.50. The number of pyridine rings is 1. The minimum Gasteiger partial charge on any atom is -0.487 e. The Labute approximate surface area is 186 Å². The molecule has 3 rings (SSSR count). The molecule has 4 nitrogen and oxygen atoms in total. The molecule has 30 heavy (non-hydrogen) atoms. The minimum absolute atomic E-state index is 0.106. The minimum atomic E-state index is -1.01.